The van der Waals surface area contributed by atoms with Crippen molar-refractivity contribution in [1.29, 1.82) is 0 Å². The zero-order valence-corrected chi connectivity index (χ0v) is 30.7. The molecule has 1 aliphatic heterocycles. The van der Waals surface area contributed by atoms with Gasteiger partial charge in [-0.3, -0.25) is 0 Å². The quantitative estimate of drug-likeness (QED) is 0.182. The van der Waals surface area contributed by atoms with Crippen LogP contribution in [0.1, 0.15) is 47.8 Å². The van der Waals surface area contributed by atoms with Gasteiger partial charge in [-0.2, -0.15) is 0 Å². The number of hydrogen-bond acceptors (Lipinski definition) is 3. The number of benzene rings is 9. The van der Waals surface area contributed by atoms with Gasteiger partial charge < -0.3 is 5.32 Å². The van der Waals surface area contributed by atoms with Crippen molar-refractivity contribution in [2.75, 3.05) is 0 Å². The summed E-state index contributed by atoms with van der Waals surface area (Å²) in [6.45, 7) is 4.76. The van der Waals surface area contributed by atoms with E-state index in [2.05, 4.69) is 183 Å². The second-order valence-electron chi connectivity index (χ2n) is 15.4. The van der Waals surface area contributed by atoms with Crippen LogP contribution in [-0.2, 0) is 5.41 Å². The van der Waals surface area contributed by atoms with Crippen LogP contribution in [0.2, 0.25) is 0 Å². The summed E-state index contributed by atoms with van der Waals surface area (Å²) in [7, 11) is 0. The minimum absolute atomic E-state index is 0.251. The van der Waals surface area contributed by atoms with Crippen LogP contribution in [0.25, 0.3) is 65.3 Å². The van der Waals surface area contributed by atoms with Crippen LogP contribution in [0.5, 0.6) is 0 Å². The first kappa shape index (κ1) is 31.7. The fraction of sp³-hybridized carbons (Fsp3) is 0.0769. The van der Waals surface area contributed by atoms with E-state index in [0.29, 0.717) is 0 Å². The summed E-state index contributed by atoms with van der Waals surface area (Å²) in [6, 6.07) is 63.7. The van der Waals surface area contributed by atoms with E-state index < -0.39 is 0 Å². The van der Waals surface area contributed by atoms with E-state index in [-0.39, 0.29) is 11.6 Å². The third-order valence-corrected chi connectivity index (χ3v) is 11.9. The molecular weight excluding hydrogens is 667 g/mol. The highest BCUT2D eigenvalue weighted by atomic mass is 15.2. The van der Waals surface area contributed by atoms with Crippen molar-refractivity contribution in [3.05, 3.63) is 204 Å². The predicted octanol–water partition coefficient (Wildman–Crippen LogP) is 12.8. The molecule has 1 atom stereocenters. The first-order chi connectivity index (χ1) is 27.0. The Morgan fingerprint density at radius 2 is 1.05 bits per heavy atom. The third-order valence-electron chi connectivity index (χ3n) is 11.9. The van der Waals surface area contributed by atoms with Crippen LogP contribution in [0.3, 0.4) is 0 Å². The van der Waals surface area contributed by atoms with Gasteiger partial charge in [0, 0.05) is 16.5 Å². The minimum atomic E-state index is -0.270. The lowest BCUT2D eigenvalue weighted by molar-refractivity contribution is 0.665. The van der Waals surface area contributed by atoms with E-state index in [1.807, 2.05) is 12.1 Å². The van der Waals surface area contributed by atoms with E-state index in [9.17, 15) is 0 Å². The van der Waals surface area contributed by atoms with Gasteiger partial charge in [0.05, 0.1) is 0 Å². The van der Waals surface area contributed by atoms with Crippen molar-refractivity contribution in [1.82, 2.24) is 5.32 Å². The molecule has 3 heteroatoms. The van der Waals surface area contributed by atoms with E-state index in [1.54, 1.807) is 0 Å². The predicted molar refractivity (Wildman–Crippen MR) is 231 cm³/mol. The zero-order valence-electron chi connectivity index (χ0n) is 30.7. The monoisotopic (exact) mass is 703 g/mol. The number of nitrogens with zero attached hydrogens (tertiary/aromatic N) is 2. The summed E-state index contributed by atoms with van der Waals surface area (Å²) in [5, 5.41) is 13.9. The van der Waals surface area contributed by atoms with E-state index in [4.69, 9.17) is 9.98 Å². The maximum atomic E-state index is 5.23. The van der Waals surface area contributed by atoms with Crippen LogP contribution >= 0.6 is 0 Å². The van der Waals surface area contributed by atoms with E-state index in [1.165, 1.54) is 76.5 Å². The number of fused-ring (bicyclic) bond motifs is 11. The fourth-order valence-electron chi connectivity index (χ4n) is 9.26. The second-order valence-corrected chi connectivity index (χ2v) is 15.4. The normalized spacial score (nSPS) is 15.8. The van der Waals surface area contributed by atoms with Gasteiger partial charge >= 0.3 is 0 Å². The molecule has 0 spiro atoms. The largest absolute Gasteiger partial charge is 0.344 e. The summed E-state index contributed by atoms with van der Waals surface area (Å²) in [6.07, 6.45) is -0.251. The van der Waals surface area contributed by atoms with Crippen molar-refractivity contribution in [3.63, 3.8) is 0 Å². The standard InChI is InChI=1S/C52H37N3/c1-52(2)46-31-36(51-54-49(32-15-5-3-6-16-32)53-50(55-51)33-17-7-4-8-18-33)26-28-43(46)47-44(29-34-19-9-10-20-37(34)48(47)52)35-25-27-42-40-23-12-11-21-38(40)39-22-13-14-24-41(39)45(42)30-35/h3-31,49H,1-2H3,(H,53,54,55). The molecule has 11 rings (SSSR count). The third kappa shape index (κ3) is 4.90. The lowest BCUT2D eigenvalue weighted by atomic mass is 9.79. The Balaban J connectivity index is 1.12. The zero-order chi connectivity index (χ0) is 36.7. The van der Waals surface area contributed by atoms with Gasteiger partial charge in [-0.1, -0.05) is 172 Å². The molecular formula is C52H37N3. The Kier molecular flexibility index (Phi) is 6.96. The lowest BCUT2D eigenvalue weighted by Crippen LogP contribution is -2.33. The summed E-state index contributed by atoms with van der Waals surface area (Å²) in [5.74, 6) is 1.56. The van der Waals surface area contributed by atoms with Crippen LogP contribution in [0.4, 0.5) is 0 Å². The smallest absolute Gasteiger partial charge is 0.159 e. The molecule has 1 aliphatic carbocycles. The molecule has 0 radical (unpaired) electrons. The number of rotatable bonds is 4. The van der Waals surface area contributed by atoms with Gasteiger partial charge in [-0.15, -0.1) is 0 Å². The van der Waals surface area contributed by atoms with Crippen molar-refractivity contribution < 1.29 is 0 Å². The van der Waals surface area contributed by atoms with Crippen LogP contribution < -0.4 is 5.32 Å². The highest BCUT2D eigenvalue weighted by Gasteiger charge is 2.39. The molecule has 1 heterocycles. The van der Waals surface area contributed by atoms with Crippen molar-refractivity contribution in [2.45, 2.75) is 25.4 Å². The number of amidine groups is 2. The molecule has 2 aliphatic rings. The van der Waals surface area contributed by atoms with E-state index in [0.717, 1.165) is 28.4 Å². The number of aliphatic imine (C=N–C) groups is 2. The molecule has 1 unspecified atom stereocenters. The van der Waals surface area contributed by atoms with Crippen LogP contribution in [-0.4, -0.2) is 11.7 Å². The lowest BCUT2D eigenvalue weighted by Gasteiger charge is -2.25. The Bertz CT molecular complexity index is 3050. The molecule has 0 aromatic heterocycles. The maximum Gasteiger partial charge on any atom is 0.159 e. The van der Waals surface area contributed by atoms with Gasteiger partial charge in [0.25, 0.3) is 0 Å². The molecule has 260 valence electrons. The SMILES string of the molecule is CC1(C)c2cc(C3=NC(c4ccccc4)NC(c4ccccc4)=N3)ccc2-c2c(-c3ccc4c5ccccc5c5ccccc5c4c3)cc3ccccc3c21. The van der Waals surface area contributed by atoms with Gasteiger partial charge in [0.15, 0.2) is 5.84 Å². The molecule has 55 heavy (non-hydrogen) atoms. The fourth-order valence-corrected chi connectivity index (χ4v) is 9.26. The number of hydrogen-bond donors (Lipinski definition) is 1. The molecule has 0 amide bonds. The van der Waals surface area contributed by atoms with Crippen molar-refractivity contribution in [3.8, 4) is 22.3 Å². The van der Waals surface area contributed by atoms with Crippen LogP contribution in [0, 0.1) is 0 Å². The molecule has 9 aromatic carbocycles. The first-order valence-corrected chi connectivity index (χ1v) is 19.1. The van der Waals surface area contributed by atoms with Gasteiger partial charge in [0.1, 0.15) is 12.0 Å². The summed E-state index contributed by atoms with van der Waals surface area (Å²) >= 11 is 0. The van der Waals surface area contributed by atoms with Gasteiger partial charge in [-0.05, 0) is 100 Å². The number of nitrogens with one attached hydrogen (secondary N) is 1. The Morgan fingerprint density at radius 1 is 0.473 bits per heavy atom. The summed E-state index contributed by atoms with van der Waals surface area (Å²) in [4.78, 5) is 10.4. The Morgan fingerprint density at radius 3 is 1.76 bits per heavy atom. The molecule has 0 saturated heterocycles. The molecule has 9 aromatic rings. The first-order valence-electron chi connectivity index (χ1n) is 19.1. The molecule has 1 N–H and O–H groups in total. The average molecular weight is 704 g/mol. The topological polar surface area (TPSA) is 36.8 Å². The van der Waals surface area contributed by atoms with Crippen molar-refractivity contribution in [2.24, 2.45) is 9.98 Å². The van der Waals surface area contributed by atoms with E-state index >= 15 is 0 Å². The Labute approximate surface area is 320 Å². The van der Waals surface area contributed by atoms with Crippen LogP contribution in [0.15, 0.2) is 186 Å². The summed E-state index contributed by atoms with van der Waals surface area (Å²) < 4.78 is 0. The van der Waals surface area contributed by atoms with Crippen molar-refractivity contribution >= 4 is 54.8 Å². The molecule has 0 fully saturated rings. The second kappa shape index (κ2) is 12.1. The maximum absolute atomic E-state index is 5.23. The minimum Gasteiger partial charge on any atom is -0.344 e. The highest BCUT2D eigenvalue weighted by molar-refractivity contribution is 6.26. The molecule has 0 saturated carbocycles. The molecule has 3 nitrogen and oxygen atoms in total. The Hall–Kier alpha value is -6.84. The summed E-state index contributed by atoms with van der Waals surface area (Å²) in [5.41, 5.74) is 10.6. The van der Waals surface area contributed by atoms with Gasteiger partial charge in [0.2, 0.25) is 0 Å². The highest BCUT2D eigenvalue weighted by Crippen LogP contribution is 2.55. The average Bonchev–Trinajstić information content (AvgIpc) is 3.49. The molecule has 0 bridgehead atoms. The van der Waals surface area contributed by atoms with Gasteiger partial charge in [-0.25, -0.2) is 9.98 Å².